The molecular weight excluding hydrogens is 255 g/mol. The number of nitrogen functional groups attached to an aromatic ring is 1. The third-order valence-electron chi connectivity index (χ3n) is 4.25. The van der Waals surface area contributed by atoms with E-state index in [0.29, 0.717) is 11.6 Å². The summed E-state index contributed by atoms with van der Waals surface area (Å²) in [6.07, 6.45) is 1.98. The lowest BCUT2D eigenvalue weighted by atomic mass is 9.75. The summed E-state index contributed by atoms with van der Waals surface area (Å²) in [5.41, 5.74) is 6.67. The Balaban J connectivity index is 2.07. The van der Waals surface area contributed by atoms with Crippen molar-refractivity contribution in [2.24, 2.45) is 11.3 Å². The second-order valence-corrected chi connectivity index (χ2v) is 6.66. The molecular formula is C16H23FN2O. The van der Waals surface area contributed by atoms with Crippen LogP contribution in [-0.2, 0) is 0 Å². The number of carbonyl (C=O) groups is 1. The van der Waals surface area contributed by atoms with Gasteiger partial charge in [0.1, 0.15) is 5.82 Å². The van der Waals surface area contributed by atoms with Crippen molar-refractivity contribution in [1.29, 1.82) is 0 Å². The summed E-state index contributed by atoms with van der Waals surface area (Å²) in [4.78, 5) is 14.2. The number of nitrogens with two attached hydrogens (primary N) is 1. The molecule has 4 heteroatoms. The molecule has 0 aliphatic carbocycles. The van der Waals surface area contributed by atoms with Gasteiger partial charge in [0.25, 0.3) is 5.91 Å². The van der Waals surface area contributed by atoms with Crippen LogP contribution in [0, 0.1) is 17.2 Å². The molecule has 1 aromatic rings. The van der Waals surface area contributed by atoms with Crippen molar-refractivity contribution in [3.8, 4) is 0 Å². The Labute approximate surface area is 120 Å². The summed E-state index contributed by atoms with van der Waals surface area (Å²) in [6.45, 7) is 8.15. The number of anilines is 1. The van der Waals surface area contributed by atoms with Gasteiger partial charge in [-0.2, -0.15) is 0 Å². The van der Waals surface area contributed by atoms with Crippen LogP contribution in [0.3, 0.4) is 0 Å². The smallest absolute Gasteiger partial charge is 0.256 e. The van der Waals surface area contributed by atoms with Gasteiger partial charge in [-0.05, 0) is 42.4 Å². The highest BCUT2D eigenvalue weighted by molar-refractivity contribution is 5.99. The highest BCUT2D eigenvalue weighted by Crippen LogP contribution is 2.34. The van der Waals surface area contributed by atoms with E-state index in [-0.39, 0.29) is 16.9 Å². The Hall–Kier alpha value is -1.58. The van der Waals surface area contributed by atoms with Crippen LogP contribution in [0.25, 0.3) is 0 Å². The number of benzene rings is 1. The Morgan fingerprint density at radius 1 is 1.30 bits per heavy atom. The minimum absolute atomic E-state index is 0.158. The number of piperidine rings is 1. The zero-order valence-corrected chi connectivity index (χ0v) is 12.4. The minimum atomic E-state index is -0.424. The highest BCUT2D eigenvalue weighted by atomic mass is 19.1. The van der Waals surface area contributed by atoms with Crippen molar-refractivity contribution in [1.82, 2.24) is 4.90 Å². The lowest BCUT2D eigenvalue weighted by molar-refractivity contribution is 0.0609. The van der Waals surface area contributed by atoms with Gasteiger partial charge in [-0.1, -0.05) is 20.8 Å². The summed E-state index contributed by atoms with van der Waals surface area (Å²) in [6, 6.07) is 3.95. The first-order chi connectivity index (χ1) is 9.29. The maximum absolute atomic E-state index is 13.3. The topological polar surface area (TPSA) is 46.3 Å². The normalized spacial score (nSPS) is 17.3. The Morgan fingerprint density at radius 3 is 2.45 bits per heavy atom. The Bertz CT molecular complexity index is 500. The van der Waals surface area contributed by atoms with Crippen LogP contribution in [0.5, 0.6) is 0 Å². The molecule has 1 heterocycles. The van der Waals surface area contributed by atoms with Gasteiger partial charge in [-0.25, -0.2) is 4.39 Å². The monoisotopic (exact) mass is 278 g/mol. The van der Waals surface area contributed by atoms with Crippen LogP contribution in [0.15, 0.2) is 18.2 Å². The maximum Gasteiger partial charge on any atom is 0.256 e. The molecule has 1 amide bonds. The number of nitrogens with zero attached hydrogens (tertiary/aromatic N) is 1. The highest BCUT2D eigenvalue weighted by Gasteiger charge is 2.31. The molecule has 0 radical (unpaired) electrons. The van der Waals surface area contributed by atoms with Crippen molar-refractivity contribution in [3.63, 3.8) is 0 Å². The van der Waals surface area contributed by atoms with Crippen molar-refractivity contribution >= 4 is 11.6 Å². The fourth-order valence-corrected chi connectivity index (χ4v) is 2.83. The molecule has 20 heavy (non-hydrogen) atoms. The molecule has 1 aliphatic rings. The van der Waals surface area contributed by atoms with Crippen molar-refractivity contribution < 1.29 is 9.18 Å². The van der Waals surface area contributed by atoms with E-state index in [2.05, 4.69) is 20.8 Å². The average molecular weight is 278 g/mol. The molecule has 0 aromatic heterocycles. The van der Waals surface area contributed by atoms with Gasteiger partial charge >= 0.3 is 0 Å². The molecule has 0 unspecified atom stereocenters. The number of halogens is 1. The summed E-state index contributed by atoms with van der Waals surface area (Å²) >= 11 is 0. The second-order valence-electron chi connectivity index (χ2n) is 6.66. The quantitative estimate of drug-likeness (QED) is 0.801. The Kier molecular flexibility index (Phi) is 4.02. The predicted molar refractivity (Wildman–Crippen MR) is 78.9 cm³/mol. The number of carbonyl (C=O) groups excluding carboxylic acids is 1. The van der Waals surface area contributed by atoms with Crippen LogP contribution in [0.1, 0.15) is 44.0 Å². The minimum Gasteiger partial charge on any atom is -0.398 e. The molecule has 0 spiro atoms. The SMILES string of the molecule is CC(C)(C)C1CCN(C(=O)c2cc(F)ccc2N)CC1. The van der Waals surface area contributed by atoms with E-state index in [1.165, 1.54) is 18.2 Å². The first-order valence-electron chi connectivity index (χ1n) is 7.13. The van der Waals surface area contributed by atoms with Gasteiger partial charge in [0.05, 0.1) is 5.56 Å². The van der Waals surface area contributed by atoms with E-state index in [1.807, 2.05) is 0 Å². The van der Waals surface area contributed by atoms with Crippen molar-refractivity contribution in [2.45, 2.75) is 33.6 Å². The number of amides is 1. The predicted octanol–water partition coefficient (Wildman–Crippen LogP) is 3.31. The molecule has 2 N–H and O–H groups in total. The largest absolute Gasteiger partial charge is 0.398 e. The molecule has 0 atom stereocenters. The first-order valence-corrected chi connectivity index (χ1v) is 7.13. The lowest BCUT2D eigenvalue weighted by Crippen LogP contribution is -2.41. The maximum atomic E-state index is 13.3. The van der Waals surface area contributed by atoms with Crippen molar-refractivity contribution in [3.05, 3.63) is 29.6 Å². The van der Waals surface area contributed by atoms with Crippen LogP contribution < -0.4 is 5.73 Å². The molecule has 0 saturated carbocycles. The zero-order valence-electron chi connectivity index (χ0n) is 12.4. The molecule has 110 valence electrons. The second kappa shape index (κ2) is 5.43. The van der Waals surface area contributed by atoms with Crippen LogP contribution in [-0.4, -0.2) is 23.9 Å². The Morgan fingerprint density at radius 2 is 1.90 bits per heavy atom. The third kappa shape index (κ3) is 3.11. The van der Waals surface area contributed by atoms with E-state index >= 15 is 0 Å². The summed E-state index contributed by atoms with van der Waals surface area (Å²) in [5.74, 6) is 0.0397. The molecule has 1 fully saturated rings. The molecule has 1 aliphatic heterocycles. The van der Waals surface area contributed by atoms with Gasteiger partial charge in [-0.15, -0.1) is 0 Å². The van der Waals surface area contributed by atoms with E-state index in [0.717, 1.165) is 25.9 Å². The number of likely N-dealkylation sites (tertiary alicyclic amines) is 1. The van der Waals surface area contributed by atoms with Gasteiger partial charge in [-0.3, -0.25) is 4.79 Å². The average Bonchev–Trinajstić information content (AvgIpc) is 2.40. The standard InChI is InChI=1S/C16H23FN2O/c1-16(2,3)11-6-8-19(9-7-11)15(20)13-10-12(17)4-5-14(13)18/h4-5,10-11H,6-9,18H2,1-3H3. The van der Waals surface area contributed by atoms with E-state index in [9.17, 15) is 9.18 Å². The summed E-state index contributed by atoms with van der Waals surface area (Å²) in [5, 5.41) is 0. The van der Waals surface area contributed by atoms with Crippen LogP contribution in [0.2, 0.25) is 0 Å². The lowest BCUT2D eigenvalue weighted by Gasteiger charge is -2.38. The molecule has 1 saturated heterocycles. The third-order valence-corrected chi connectivity index (χ3v) is 4.25. The van der Waals surface area contributed by atoms with Gasteiger partial charge in [0, 0.05) is 18.8 Å². The van der Waals surface area contributed by atoms with Gasteiger partial charge in [0.2, 0.25) is 0 Å². The van der Waals surface area contributed by atoms with Gasteiger partial charge < -0.3 is 10.6 Å². The van der Waals surface area contributed by atoms with Crippen LogP contribution >= 0.6 is 0 Å². The number of hydrogen-bond donors (Lipinski definition) is 1. The number of rotatable bonds is 1. The van der Waals surface area contributed by atoms with E-state index in [4.69, 9.17) is 5.73 Å². The van der Waals surface area contributed by atoms with E-state index in [1.54, 1.807) is 4.90 Å². The summed E-state index contributed by atoms with van der Waals surface area (Å²) in [7, 11) is 0. The molecule has 3 nitrogen and oxygen atoms in total. The van der Waals surface area contributed by atoms with Crippen LogP contribution in [0.4, 0.5) is 10.1 Å². The van der Waals surface area contributed by atoms with Crippen molar-refractivity contribution in [2.75, 3.05) is 18.8 Å². The van der Waals surface area contributed by atoms with E-state index < -0.39 is 5.82 Å². The first kappa shape index (κ1) is 14.8. The summed E-state index contributed by atoms with van der Waals surface area (Å²) < 4.78 is 13.3. The fraction of sp³-hybridized carbons (Fsp3) is 0.562. The molecule has 1 aromatic carbocycles. The zero-order chi connectivity index (χ0) is 14.9. The number of hydrogen-bond acceptors (Lipinski definition) is 2. The van der Waals surface area contributed by atoms with Gasteiger partial charge in [0.15, 0.2) is 0 Å². The fourth-order valence-electron chi connectivity index (χ4n) is 2.83. The molecule has 0 bridgehead atoms. The molecule has 2 rings (SSSR count).